The van der Waals surface area contributed by atoms with Gasteiger partial charge in [-0.25, -0.2) is 21.6 Å². The number of carbonyl (C=O) groups excluding carboxylic acids is 1. The number of sulfone groups is 1. The molecule has 7 rings (SSSR count). The summed E-state index contributed by atoms with van der Waals surface area (Å²) in [6, 6.07) is 29.3. The SMILES string of the molecule is CN(C)CCOc1cccc(-c2ccc(Cl)cc2)c1CN1CCN(c2ccc(C(=O)NS(=O)(=O)c3ccc(NCC4CCOCC4)c(S(=O)(=O)C(F)(F)F)c3)c(Oc3ccccc3)c2)CC1. The highest BCUT2D eigenvalue weighted by Gasteiger charge is 2.48. The summed E-state index contributed by atoms with van der Waals surface area (Å²) >= 11 is 6.23. The van der Waals surface area contributed by atoms with E-state index in [0.717, 1.165) is 41.1 Å². The molecule has 5 aromatic carbocycles. The van der Waals surface area contributed by atoms with Gasteiger partial charge in [-0.15, -0.1) is 0 Å². The molecule has 0 aliphatic carbocycles. The number of nitrogens with one attached hydrogen (secondary N) is 2. The fraction of sp³-hybridized carbons (Fsp3) is 0.340. The molecule has 19 heteroatoms. The van der Waals surface area contributed by atoms with Gasteiger partial charge in [-0.2, -0.15) is 13.2 Å². The first-order valence-corrected chi connectivity index (χ1v) is 24.7. The van der Waals surface area contributed by atoms with Gasteiger partial charge in [-0.3, -0.25) is 9.69 Å². The van der Waals surface area contributed by atoms with Crippen LogP contribution in [-0.4, -0.2) is 111 Å². The second-order valence-corrected chi connectivity index (χ2v) is 20.3. The summed E-state index contributed by atoms with van der Waals surface area (Å²) in [7, 11) is -6.98. The summed E-state index contributed by atoms with van der Waals surface area (Å²) in [4.78, 5) is 18.2. The van der Waals surface area contributed by atoms with Gasteiger partial charge in [0.2, 0.25) is 0 Å². The molecule has 66 heavy (non-hydrogen) atoms. The molecule has 5 aromatic rings. The average molecular weight is 971 g/mol. The molecule has 2 aliphatic heterocycles. The molecule has 0 atom stereocenters. The zero-order chi connectivity index (χ0) is 47.1. The van der Waals surface area contributed by atoms with Crippen LogP contribution < -0.4 is 24.4 Å². The van der Waals surface area contributed by atoms with Gasteiger partial charge < -0.3 is 29.3 Å². The van der Waals surface area contributed by atoms with Crippen molar-refractivity contribution in [2.45, 2.75) is 34.7 Å². The van der Waals surface area contributed by atoms with Crippen LogP contribution in [0.1, 0.15) is 28.8 Å². The van der Waals surface area contributed by atoms with E-state index in [1.165, 1.54) is 6.07 Å². The molecule has 0 spiro atoms. The highest BCUT2D eigenvalue weighted by Crippen LogP contribution is 2.38. The molecular formula is C47H51ClF3N5O8S2. The van der Waals surface area contributed by atoms with Crippen LogP contribution in [0.5, 0.6) is 17.2 Å². The zero-order valence-corrected chi connectivity index (χ0v) is 38.8. The number of anilines is 2. The number of sulfonamides is 1. The minimum atomic E-state index is -6.03. The van der Waals surface area contributed by atoms with Gasteiger partial charge in [-0.1, -0.05) is 54.1 Å². The molecule has 0 saturated carbocycles. The summed E-state index contributed by atoms with van der Waals surface area (Å²) in [5.74, 6) is 0.00514. The smallest absolute Gasteiger partial charge is 0.492 e. The number of hydrogen-bond donors (Lipinski definition) is 2. The lowest BCUT2D eigenvalue weighted by Crippen LogP contribution is -2.46. The topological polar surface area (TPSA) is 147 Å². The van der Waals surface area contributed by atoms with Crippen molar-refractivity contribution < 1.29 is 49.0 Å². The third kappa shape index (κ3) is 12.0. The predicted molar refractivity (Wildman–Crippen MR) is 248 cm³/mol. The Morgan fingerprint density at radius 3 is 2.24 bits per heavy atom. The number of para-hydroxylation sites is 1. The van der Waals surface area contributed by atoms with E-state index in [-0.39, 0.29) is 23.8 Å². The molecular weight excluding hydrogens is 919 g/mol. The number of likely N-dealkylation sites (N-methyl/N-ethyl adjacent to an activating group) is 1. The van der Waals surface area contributed by atoms with E-state index in [4.69, 9.17) is 25.8 Å². The van der Waals surface area contributed by atoms with Crippen LogP contribution in [0.15, 0.2) is 119 Å². The number of amides is 1. The van der Waals surface area contributed by atoms with Crippen molar-refractivity contribution in [3.8, 4) is 28.4 Å². The van der Waals surface area contributed by atoms with Crippen LogP contribution >= 0.6 is 11.6 Å². The molecule has 2 saturated heterocycles. The number of ether oxygens (including phenoxy) is 3. The summed E-state index contributed by atoms with van der Waals surface area (Å²) < 4.78 is 114. The van der Waals surface area contributed by atoms with E-state index in [2.05, 4.69) is 26.1 Å². The van der Waals surface area contributed by atoms with E-state index in [9.17, 15) is 34.8 Å². The van der Waals surface area contributed by atoms with E-state index in [1.807, 2.05) is 55.2 Å². The molecule has 0 bridgehead atoms. The number of alkyl halides is 3. The summed E-state index contributed by atoms with van der Waals surface area (Å²) in [5, 5.41) is 3.40. The van der Waals surface area contributed by atoms with Gasteiger partial charge in [0, 0.05) is 81.4 Å². The second-order valence-electron chi connectivity index (χ2n) is 16.3. The molecule has 2 heterocycles. The molecule has 2 N–H and O–H groups in total. The molecule has 0 unspecified atom stereocenters. The molecule has 13 nitrogen and oxygen atoms in total. The lowest BCUT2D eigenvalue weighted by atomic mass is 9.98. The first kappa shape index (κ1) is 48.6. The van der Waals surface area contributed by atoms with Crippen LogP contribution in [0.25, 0.3) is 11.1 Å². The number of piperazine rings is 1. The van der Waals surface area contributed by atoms with Gasteiger partial charge in [0.05, 0.1) is 16.1 Å². The first-order valence-electron chi connectivity index (χ1n) is 21.3. The first-order chi connectivity index (χ1) is 31.5. The predicted octanol–water partition coefficient (Wildman–Crippen LogP) is 8.31. The lowest BCUT2D eigenvalue weighted by Gasteiger charge is -2.37. The highest BCUT2D eigenvalue weighted by molar-refractivity contribution is 7.92. The van der Waals surface area contributed by atoms with E-state index in [1.54, 1.807) is 42.5 Å². The third-order valence-electron chi connectivity index (χ3n) is 11.4. The van der Waals surface area contributed by atoms with Crippen molar-refractivity contribution >= 4 is 48.7 Å². The van der Waals surface area contributed by atoms with E-state index < -0.39 is 46.8 Å². The summed E-state index contributed by atoms with van der Waals surface area (Å²) in [6.07, 6.45) is 1.22. The standard InChI is InChI=1S/C47H51ClF3N5O8S2/c1-54(2)25-28-63-43-10-6-9-39(34-11-13-35(48)14-12-34)41(43)32-55-21-23-56(24-22-55)36-15-17-40(44(29-36)64-37-7-4-3-5-8-37)46(57)53-66(60,61)38-16-18-42(52-31-33-19-26-62-27-20-33)45(30-38)65(58,59)47(49,50)51/h3-18,29-30,33,52H,19-28,31-32H2,1-2H3,(H,53,57). The van der Waals surface area contributed by atoms with Crippen LogP contribution in [-0.2, 0) is 31.1 Å². The van der Waals surface area contributed by atoms with Crippen molar-refractivity contribution in [1.82, 2.24) is 14.5 Å². The van der Waals surface area contributed by atoms with Crippen LogP contribution in [0.2, 0.25) is 5.02 Å². The number of halogens is 4. The Balaban J connectivity index is 1.10. The van der Waals surface area contributed by atoms with E-state index in [0.29, 0.717) is 87.9 Å². The van der Waals surface area contributed by atoms with Crippen LogP contribution in [0.4, 0.5) is 24.5 Å². The van der Waals surface area contributed by atoms with Crippen molar-refractivity contribution in [3.05, 3.63) is 125 Å². The Bertz CT molecular complexity index is 2700. The normalized spacial score (nSPS) is 15.4. The second kappa shape index (κ2) is 21.1. The highest BCUT2D eigenvalue weighted by atomic mass is 35.5. The number of nitrogens with zero attached hydrogens (tertiary/aromatic N) is 3. The molecule has 0 aromatic heterocycles. The number of benzene rings is 5. The lowest BCUT2D eigenvalue weighted by molar-refractivity contribution is -0.0435. The Kier molecular flexibility index (Phi) is 15.5. The quantitative estimate of drug-likeness (QED) is 0.0924. The zero-order valence-electron chi connectivity index (χ0n) is 36.4. The van der Waals surface area contributed by atoms with Crippen molar-refractivity contribution in [2.75, 3.05) is 83.4 Å². The van der Waals surface area contributed by atoms with E-state index >= 15 is 0 Å². The maximum absolute atomic E-state index is 13.9. The monoisotopic (exact) mass is 969 g/mol. The number of rotatable bonds is 17. The largest absolute Gasteiger partial charge is 0.501 e. The number of hydrogen-bond acceptors (Lipinski definition) is 12. The molecule has 2 aliphatic rings. The Hall–Kier alpha value is -5.37. The van der Waals surface area contributed by atoms with Gasteiger partial charge in [-0.05, 0) is 105 Å². The van der Waals surface area contributed by atoms with Crippen molar-refractivity contribution in [2.24, 2.45) is 5.92 Å². The molecule has 0 radical (unpaired) electrons. The number of carbonyl (C=O) groups is 1. The van der Waals surface area contributed by atoms with Gasteiger partial charge in [0.1, 0.15) is 28.8 Å². The molecule has 1 amide bonds. The van der Waals surface area contributed by atoms with Crippen molar-refractivity contribution in [3.63, 3.8) is 0 Å². The summed E-state index contributed by atoms with van der Waals surface area (Å²) in [6.45, 7) is 5.42. The maximum atomic E-state index is 13.9. The van der Waals surface area contributed by atoms with Crippen LogP contribution in [0, 0.1) is 5.92 Å². The van der Waals surface area contributed by atoms with Crippen molar-refractivity contribution in [1.29, 1.82) is 0 Å². The minimum absolute atomic E-state index is 0.00675. The fourth-order valence-corrected chi connectivity index (χ4v) is 9.84. The minimum Gasteiger partial charge on any atom is -0.492 e. The van der Waals surface area contributed by atoms with Gasteiger partial charge in [0.25, 0.3) is 25.8 Å². The Morgan fingerprint density at radius 1 is 0.848 bits per heavy atom. The average Bonchev–Trinajstić information content (AvgIpc) is 3.29. The molecule has 2 fully saturated rings. The Morgan fingerprint density at radius 2 is 1.56 bits per heavy atom. The maximum Gasteiger partial charge on any atom is 0.501 e. The molecule has 352 valence electrons. The van der Waals surface area contributed by atoms with Gasteiger partial charge >= 0.3 is 5.51 Å². The van der Waals surface area contributed by atoms with Crippen LogP contribution in [0.3, 0.4) is 0 Å². The summed E-state index contributed by atoms with van der Waals surface area (Å²) in [5.41, 5.74) is -2.55. The Labute approximate surface area is 388 Å². The van der Waals surface area contributed by atoms with Gasteiger partial charge in [0.15, 0.2) is 0 Å². The fourth-order valence-electron chi connectivity index (χ4n) is 7.69. The third-order valence-corrected chi connectivity index (χ3v) is 14.5.